The molecule has 200 valence electrons. The Bertz CT molecular complexity index is 509. The molecule has 1 aliphatic rings. The standard InChI is InChI=1S/C28H52O6/c1-2-3-4-5-6-7-8-9-10-11-12-13-14-15-16-17-18-19-20-21-26(31)33-23-25(30)28-27(32)24(29)22-34-28/h9-10,24-25,27-30,32H,2-8,11-23H2,1H3/b10-9+/t24-,25+,27+,28+/m0/s1. The highest BCUT2D eigenvalue weighted by atomic mass is 16.6. The molecule has 0 radical (unpaired) electrons. The van der Waals surface area contributed by atoms with Crippen molar-refractivity contribution in [2.75, 3.05) is 13.2 Å². The van der Waals surface area contributed by atoms with Crippen molar-refractivity contribution in [3.05, 3.63) is 12.2 Å². The second-order valence-corrected chi connectivity index (χ2v) is 9.85. The SMILES string of the molecule is CCCCCCCC/C=C/CCCCCCCCCCCC(=O)OC[C@@H](O)[C@H]1OC[C@H](O)[C@H]1O. The van der Waals surface area contributed by atoms with Gasteiger partial charge in [0.15, 0.2) is 0 Å². The van der Waals surface area contributed by atoms with Gasteiger partial charge in [0.2, 0.25) is 0 Å². The number of aliphatic hydroxyl groups excluding tert-OH is 3. The van der Waals surface area contributed by atoms with E-state index in [4.69, 9.17) is 9.47 Å². The van der Waals surface area contributed by atoms with E-state index in [1.807, 2.05) is 0 Å². The van der Waals surface area contributed by atoms with E-state index in [1.54, 1.807) is 0 Å². The van der Waals surface area contributed by atoms with E-state index >= 15 is 0 Å². The van der Waals surface area contributed by atoms with Crippen LogP contribution in [0, 0.1) is 0 Å². The fourth-order valence-corrected chi connectivity index (χ4v) is 4.36. The lowest BCUT2D eigenvalue weighted by Crippen LogP contribution is -2.41. The van der Waals surface area contributed by atoms with Crippen molar-refractivity contribution in [2.45, 2.75) is 147 Å². The average molecular weight is 485 g/mol. The third kappa shape index (κ3) is 15.9. The second kappa shape index (κ2) is 21.3. The van der Waals surface area contributed by atoms with Gasteiger partial charge in [0.05, 0.1) is 6.61 Å². The van der Waals surface area contributed by atoms with Crippen LogP contribution in [0.3, 0.4) is 0 Å². The predicted octanol–water partition coefficient (Wildman–Crippen LogP) is 5.61. The lowest BCUT2D eigenvalue weighted by Gasteiger charge is -2.20. The van der Waals surface area contributed by atoms with Gasteiger partial charge in [0, 0.05) is 6.42 Å². The highest BCUT2D eigenvalue weighted by Gasteiger charge is 2.39. The number of aliphatic hydroxyl groups is 3. The quantitative estimate of drug-likeness (QED) is 0.105. The lowest BCUT2D eigenvalue weighted by molar-refractivity contribution is -0.151. The first-order valence-electron chi connectivity index (χ1n) is 14.0. The van der Waals surface area contributed by atoms with Gasteiger partial charge in [-0.25, -0.2) is 0 Å². The Kier molecular flexibility index (Phi) is 19.5. The molecule has 0 aliphatic carbocycles. The van der Waals surface area contributed by atoms with Gasteiger partial charge >= 0.3 is 5.97 Å². The van der Waals surface area contributed by atoms with Gasteiger partial charge < -0.3 is 24.8 Å². The topological polar surface area (TPSA) is 96.2 Å². The fourth-order valence-electron chi connectivity index (χ4n) is 4.36. The van der Waals surface area contributed by atoms with E-state index < -0.39 is 24.4 Å². The first-order chi connectivity index (χ1) is 16.6. The summed E-state index contributed by atoms with van der Waals surface area (Å²) in [6.07, 6.45) is 22.3. The molecule has 1 fully saturated rings. The normalized spacial score (nSPS) is 21.4. The number of carbonyl (C=O) groups excluding carboxylic acids is 1. The molecule has 0 saturated carbocycles. The van der Waals surface area contributed by atoms with Crippen LogP contribution in [0.1, 0.15) is 122 Å². The maximum atomic E-state index is 11.8. The smallest absolute Gasteiger partial charge is 0.305 e. The third-order valence-corrected chi connectivity index (χ3v) is 6.63. The summed E-state index contributed by atoms with van der Waals surface area (Å²) in [7, 11) is 0. The number of unbranched alkanes of at least 4 members (excludes halogenated alkanes) is 15. The number of ether oxygens (including phenoxy) is 2. The molecule has 1 aliphatic heterocycles. The molecule has 3 N–H and O–H groups in total. The molecular formula is C28H52O6. The molecule has 1 rings (SSSR count). The van der Waals surface area contributed by atoms with Crippen molar-refractivity contribution >= 4 is 5.97 Å². The summed E-state index contributed by atoms with van der Waals surface area (Å²) < 4.78 is 10.2. The number of allylic oxidation sites excluding steroid dienone is 2. The maximum absolute atomic E-state index is 11.8. The van der Waals surface area contributed by atoms with Crippen molar-refractivity contribution in [1.29, 1.82) is 0 Å². The first kappa shape index (κ1) is 31.1. The van der Waals surface area contributed by atoms with Gasteiger partial charge in [0.1, 0.15) is 31.0 Å². The van der Waals surface area contributed by atoms with Crippen molar-refractivity contribution < 1.29 is 29.6 Å². The minimum Gasteiger partial charge on any atom is -0.463 e. The molecule has 0 aromatic rings. The number of esters is 1. The van der Waals surface area contributed by atoms with Crippen molar-refractivity contribution in [3.8, 4) is 0 Å². The highest BCUT2D eigenvalue weighted by Crippen LogP contribution is 2.18. The Morgan fingerprint density at radius 3 is 1.85 bits per heavy atom. The van der Waals surface area contributed by atoms with E-state index in [9.17, 15) is 20.1 Å². The molecule has 4 atom stereocenters. The summed E-state index contributed by atoms with van der Waals surface area (Å²) in [5, 5.41) is 29.1. The molecule has 0 unspecified atom stereocenters. The summed E-state index contributed by atoms with van der Waals surface area (Å²) in [5.74, 6) is -0.340. The number of rotatable bonds is 22. The van der Waals surface area contributed by atoms with Crippen LogP contribution in [0.15, 0.2) is 12.2 Å². The molecule has 0 amide bonds. The average Bonchev–Trinajstić information content (AvgIpc) is 3.17. The largest absolute Gasteiger partial charge is 0.463 e. The van der Waals surface area contributed by atoms with Crippen LogP contribution in [0.25, 0.3) is 0 Å². The van der Waals surface area contributed by atoms with Gasteiger partial charge in [-0.3, -0.25) is 4.79 Å². The van der Waals surface area contributed by atoms with Crippen molar-refractivity contribution in [3.63, 3.8) is 0 Å². The minimum absolute atomic E-state index is 0.0203. The Hall–Kier alpha value is -0.950. The zero-order valence-electron chi connectivity index (χ0n) is 21.7. The van der Waals surface area contributed by atoms with E-state index in [0.29, 0.717) is 6.42 Å². The minimum atomic E-state index is -1.15. The zero-order chi connectivity index (χ0) is 24.9. The molecule has 0 spiro atoms. The van der Waals surface area contributed by atoms with Crippen LogP contribution < -0.4 is 0 Å². The molecule has 0 aromatic carbocycles. The van der Waals surface area contributed by atoms with Gasteiger partial charge in [0.25, 0.3) is 0 Å². The molecule has 6 nitrogen and oxygen atoms in total. The van der Waals surface area contributed by atoms with Crippen LogP contribution >= 0.6 is 0 Å². The summed E-state index contributed by atoms with van der Waals surface area (Å²) >= 11 is 0. The van der Waals surface area contributed by atoms with E-state index in [2.05, 4.69) is 19.1 Å². The monoisotopic (exact) mass is 484 g/mol. The van der Waals surface area contributed by atoms with Crippen LogP contribution in [-0.2, 0) is 14.3 Å². The number of hydrogen-bond acceptors (Lipinski definition) is 6. The van der Waals surface area contributed by atoms with E-state index in [1.165, 1.54) is 89.9 Å². The third-order valence-electron chi connectivity index (χ3n) is 6.63. The Balaban J connectivity index is 1.80. The number of carbonyl (C=O) groups is 1. The molecule has 34 heavy (non-hydrogen) atoms. The lowest BCUT2D eigenvalue weighted by atomic mass is 10.1. The fraction of sp³-hybridized carbons (Fsp3) is 0.893. The van der Waals surface area contributed by atoms with Crippen LogP contribution in [0.5, 0.6) is 0 Å². The molecular weight excluding hydrogens is 432 g/mol. The van der Waals surface area contributed by atoms with Crippen LogP contribution in [0.2, 0.25) is 0 Å². The molecule has 1 heterocycles. The number of hydrogen-bond donors (Lipinski definition) is 3. The Labute approximate surface area is 208 Å². The van der Waals surface area contributed by atoms with E-state index in [0.717, 1.165) is 19.3 Å². The zero-order valence-corrected chi connectivity index (χ0v) is 21.7. The van der Waals surface area contributed by atoms with Crippen molar-refractivity contribution in [2.24, 2.45) is 0 Å². The predicted molar refractivity (Wildman–Crippen MR) is 137 cm³/mol. The van der Waals surface area contributed by atoms with Gasteiger partial charge in [-0.2, -0.15) is 0 Å². The second-order valence-electron chi connectivity index (χ2n) is 9.85. The highest BCUT2D eigenvalue weighted by molar-refractivity contribution is 5.69. The molecule has 0 aromatic heterocycles. The Morgan fingerprint density at radius 1 is 0.853 bits per heavy atom. The summed E-state index contributed by atoms with van der Waals surface area (Å²) in [6, 6.07) is 0. The summed E-state index contributed by atoms with van der Waals surface area (Å²) in [5.41, 5.74) is 0. The van der Waals surface area contributed by atoms with Gasteiger partial charge in [-0.05, 0) is 32.1 Å². The molecule has 0 bridgehead atoms. The first-order valence-corrected chi connectivity index (χ1v) is 14.0. The van der Waals surface area contributed by atoms with Crippen LogP contribution in [-0.4, -0.2) is 58.9 Å². The molecule has 1 saturated heterocycles. The van der Waals surface area contributed by atoms with Gasteiger partial charge in [-0.1, -0.05) is 96.1 Å². The van der Waals surface area contributed by atoms with Crippen LogP contribution in [0.4, 0.5) is 0 Å². The summed E-state index contributed by atoms with van der Waals surface area (Å²) in [6.45, 7) is 2.02. The van der Waals surface area contributed by atoms with E-state index in [-0.39, 0.29) is 19.2 Å². The molecule has 6 heteroatoms. The van der Waals surface area contributed by atoms with Gasteiger partial charge in [-0.15, -0.1) is 0 Å². The van der Waals surface area contributed by atoms with Crippen molar-refractivity contribution in [1.82, 2.24) is 0 Å². The summed E-state index contributed by atoms with van der Waals surface area (Å²) in [4.78, 5) is 11.8. The maximum Gasteiger partial charge on any atom is 0.305 e. The Morgan fingerprint density at radius 2 is 1.35 bits per heavy atom.